The molecule has 0 spiro atoms. The molecule has 0 aliphatic carbocycles. The first-order chi connectivity index (χ1) is 10.7. The second kappa shape index (κ2) is 7.01. The maximum Gasteiger partial charge on any atom is 0.147 e. The van der Waals surface area contributed by atoms with Crippen molar-refractivity contribution in [2.75, 3.05) is 19.6 Å². The highest BCUT2D eigenvalue weighted by molar-refractivity contribution is 5.16. The Morgan fingerprint density at radius 3 is 2.55 bits per heavy atom. The predicted molar refractivity (Wildman–Crippen MR) is 84.3 cm³/mol. The third-order valence-corrected chi connectivity index (χ3v) is 4.20. The Morgan fingerprint density at radius 2 is 1.82 bits per heavy atom. The molecule has 1 fully saturated rings. The minimum atomic E-state index is -0.205. The van der Waals surface area contributed by atoms with Crippen molar-refractivity contribution >= 4 is 0 Å². The summed E-state index contributed by atoms with van der Waals surface area (Å²) in [6, 6.07) is 6.60. The van der Waals surface area contributed by atoms with E-state index >= 15 is 0 Å². The number of hydrogen-bond donors (Lipinski definition) is 0. The van der Waals surface area contributed by atoms with E-state index in [4.69, 9.17) is 0 Å². The molecule has 0 radical (unpaired) electrons. The maximum absolute atomic E-state index is 13.0. The molecule has 1 aromatic carbocycles. The van der Waals surface area contributed by atoms with Crippen LogP contribution in [0.15, 0.2) is 24.3 Å². The van der Waals surface area contributed by atoms with Gasteiger partial charge in [-0.05, 0) is 50.6 Å². The summed E-state index contributed by atoms with van der Waals surface area (Å²) in [5.41, 5.74) is 1.05. The molecular weight excluding hydrogens is 279 g/mol. The molecule has 0 amide bonds. The van der Waals surface area contributed by atoms with Gasteiger partial charge in [-0.1, -0.05) is 18.6 Å². The fourth-order valence-electron chi connectivity index (χ4n) is 3.01. The van der Waals surface area contributed by atoms with Gasteiger partial charge < -0.3 is 4.90 Å². The first-order valence-electron chi connectivity index (χ1n) is 8.08. The fraction of sp³-hybridized carbons (Fsp3) is 0.529. The van der Waals surface area contributed by atoms with Crippen molar-refractivity contribution in [3.8, 4) is 0 Å². The average molecular weight is 302 g/mol. The number of likely N-dealkylation sites (tertiary alicyclic amines) is 1. The lowest BCUT2D eigenvalue weighted by Gasteiger charge is -2.26. The molecule has 1 aliphatic heterocycles. The lowest BCUT2D eigenvalue weighted by atomic mass is 10.1. The predicted octanol–water partition coefficient (Wildman–Crippen LogP) is 2.80. The summed E-state index contributed by atoms with van der Waals surface area (Å²) in [5.74, 6) is 1.62. The molecule has 5 heteroatoms. The standard InChI is InChI=1S/C17H23FN4/c1-14-19-17(9-12-21-10-3-2-4-11-21)22(20-14)13-15-5-7-16(18)8-6-15/h5-8H,2-4,9-13H2,1H3. The summed E-state index contributed by atoms with van der Waals surface area (Å²) in [6.07, 6.45) is 4.89. The number of hydrogen-bond acceptors (Lipinski definition) is 3. The van der Waals surface area contributed by atoms with Crippen LogP contribution >= 0.6 is 0 Å². The summed E-state index contributed by atoms with van der Waals surface area (Å²) in [4.78, 5) is 7.07. The molecule has 0 bridgehead atoms. The van der Waals surface area contributed by atoms with Crippen molar-refractivity contribution in [2.45, 2.75) is 39.2 Å². The van der Waals surface area contributed by atoms with E-state index in [0.29, 0.717) is 6.54 Å². The van der Waals surface area contributed by atoms with Gasteiger partial charge >= 0.3 is 0 Å². The zero-order valence-electron chi connectivity index (χ0n) is 13.1. The van der Waals surface area contributed by atoms with Crippen LogP contribution in [0.5, 0.6) is 0 Å². The van der Waals surface area contributed by atoms with E-state index in [0.717, 1.165) is 30.2 Å². The van der Waals surface area contributed by atoms with Gasteiger partial charge in [0, 0.05) is 13.0 Å². The van der Waals surface area contributed by atoms with E-state index in [1.165, 1.54) is 44.5 Å². The van der Waals surface area contributed by atoms with Crippen LogP contribution in [0.4, 0.5) is 4.39 Å². The Balaban J connectivity index is 1.65. The van der Waals surface area contributed by atoms with Gasteiger partial charge in [0.2, 0.25) is 0 Å². The molecule has 2 aromatic rings. The van der Waals surface area contributed by atoms with Crippen molar-refractivity contribution < 1.29 is 4.39 Å². The minimum Gasteiger partial charge on any atom is -0.303 e. The molecule has 0 atom stereocenters. The molecule has 0 saturated carbocycles. The van der Waals surface area contributed by atoms with Crippen molar-refractivity contribution in [1.82, 2.24) is 19.7 Å². The van der Waals surface area contributed by atoms with Crippen LogP contribution in [0, 0.1) is 12.7 Å². The molecular formula is C17H23FN4. The van der Waals surface area contributed by atoms with Crippen LogP contribution in [0.25, 0.3) is 0 Å². The van der Waals surface area contributed by atoms with E-state index in [-0.39, 0.29) is 5.82 Å². The van der Waals surface area contributed by atoms with Crippen LogP contribution in [0.3, 0.4) is 0 Å². The summed E-state index contributed by atoms with van der Waals surface area (Å²) in [7, 11) is 0. The number of aromatic nitrogens is 3. The van der Waals surface area contributed by atoms with Gasteiger partial charge in [0.1, 0.15) is 17.5 Å². The Bertz CT molecular complexity index is 600. The van der Waals surface area contributed by atoms with Gasteiger partial charge in [0.15, 0.2) is 0 Å². The number of rotatable bonds is 5. The second-order valence-electron chi connectivity index (χ2n) is 6.01. The second-order valence-corrected chi connectivity index (χ2v) is 6.01. The third-order valence-electron chi connectivity index (χ3n) is 4.20. The van der Waals surface area contributed by atoms with E-state index in [1.54, 1.807) is 12.1 Å². The van der Waals surface area contributed by atoms with Crippen molar-refractivity contribution in [3.63, 3.8) is 0 Å². The molecule has 3 rings (SSSR count). The molecule has 1 aromatic heterocycles. The Kier molecular flexibility index (Phi) is 4.83. The van der Waals surface area contributed by atoms with Crippen molar-refractivity contribution in [2.24, 2.45) is 0 Å². The first-order valence-corrected chi connectivity index (χ1v) is 8.08. The zero-order chi connectivity index (χ0) is 15.4. The largest absolute Gasteiger partial charge is 0.303 e. The van der Waals surface area contributed by atoms with Gasteiger partial charge in [0.25, 0.3) is 0 Å². The molecule has 1 aliphatic rings. The molecule has 0 unspecified atom stereocenters. The number of nitrogens with zero attached hydrogens (tertiary/aromatic N) is 4. The highest BCUT2D eigenvalue weighted by atomic mass is 19.1. The van der Waals surface area contributed by atoms with E-state index in [9.17, 15) is 4.39 Å². The monoisotopic (exact) mass is 302 g/mol. The quantitative estimate of drug-likeness (QED) is 0.851. The lowest BCUT2D eigenvalue weighted by Crippen LogP contribution is -2.32. The van der Waals surface area contributed by atoms with E-state index in [1.807, 2.05) is 11.6 Å². The van der Waals surface area contributed by atoms with Gasteiger partial charge in [-0.15, -0.1) is 0 Å². The van der Waals surface area contributed by atoms with Gasteiger partial charge in [-0.25, -0.2) is 14.1 Å². The zero-order valence-corrected chi connectivity index (χ0v) is 13.1. The summed E-state index contributed by atoms with van der Waals surface area (Å²) in [5, 5.41) is 4.49. The molecule has 1 saturated heterocycles. The van der Waals surface area contributed by atoms with Crippen LogP contribution in [-0.4, -0.2) is 39.3 Å². The Hall–Kier alpha value is -1.75. The summed E-state index contributed by atoms with van der Waals surface area (Å²) in [6.45, 7) is 6.01. The lowest BCUT2D eigenvalue weighted by molar-refractivity contribution is 0.229. The molecule has 4 nitrogen and oxygen atoms in total. The first kappa shape index (κ1) is 15.2. The van der Waals surface area contributed by atoms with Gasteiger partial charge in [-0.2, -0.15) is 5.10 Å². The topological polar surface area (TPSA) is 34.0 Å². The molecule has 2 heterocycles. The summed E-state index contributed by atoms with van der Waals surface area (Å²) < 4.78 is 14.9. The van der Waals surface area contributed by atoms with Crippen LogP contribution in [0.1, 0.15) is 36.5 Å². The van der Waals surface area contributed by atoms with Crippen LogP contribution < -0.4 is 0 Å². The Morgan fingerprint density at radius 1 is 1.09 bits per heavy atom. The fourth-order valence-corrected chi connectivity index (χ4v) is 3.01. The smallest absolute Gasteiger partial charge is 0.147 e. The van der Waals surface area contributed by atoms with Gasteiger partial charge in [-0.3, -0.25) is 0 Å². The van der Waals surface area contributed by atoms with Crippen LogP contribution in [0.2, 0.25) is 0 Å². The van der Waals surface area contributed by atoms with E-state index < -0.39 is 0 Å². The third kappa shape index (κ3) is 3.91. The minimum absolute atomic E-state index is 0.205. The van der Waals surface area contributed by atoms with Crippen LogP contribution in [-0.2, 0) is 13.0 Å². The van der Waals surface area contributed by atoms with Crippen molar-refractivity contribution in [3.05, 3.63) is 47.3 Å². The van der Waals surface area contributed by atoms with Crippen molar-refractivity contribution in [1.29, 1.82) is 0 Å². The number of piperidine rings is 1. The van der Waals surface area contributed by atoms with Gasteiger partial charge in [0.05, 0.1) is 6.54 Å². The molecule has 118 valence electrons. The number of benzene rings is 1. The highest BCUT2D eigenvalue weighted by Gasteiger charge is 2.13. The number of aryl methyl sites for hydroxylation is 1. The Labute approximate surface area is 131 Å². The summed E-state index contributed by atoms with van der Waals surface area (Å²) >= 11 is 0. The SMILES string of the molecule is Cc1nc(CCN2CCCCC2)n(Cc2ccc(F)cc2)n1. The van der Waals surface area contributed by atoms with E-state index in [2.05, 4.69) is 15.0 Å². The maximum atomic E-state index is 13.0. The highest BCUT2D eigenvalue weighted by Crippen LogP contribution is 2.11. The average Bonchev–Trinajstić information content (AvgIpc) is 2.88. The molecule has 22 heavy (non-hydrogen) atoms. The molecule has 0 N–H and O–H groups in total. The normalized spacial score (nSPS) is 16.1. The number of halogens is 1.